The number of para-hydroxylation sites is 2. The topological polar surface area (TPSA) is 48.1 Å². The molecule has 4 aliphatic rings. The van der Waals surface area contributed by atoms with Gasteiger partial charge in [-0.25, -0.2) is 0 Å². The maximum Gasteiger partial charge on any atom is 0.107 e. The van der Waals surface area contributed by atoms with Gasteiger partial charge in [0.1, 0.15) is 6.17 Å². The monoisotopic (exact) mass is 318 g/mol. The van der Waals surface area contributed by atoms with Crippen LogP contribution in [0.15, 0.2) is 48.5 Å². The van der Waals surface area contributed by atoms with Crippen molar-refractivity contribution in [3.63, 3.8) is 0 Å². The van der Waals surface area contributed by atoms with Gasteiger partial charge in [0.25, 0.3) is 0 Å². The first-order chi connectivity index (χ1) is 11.9. The third kappa shape index (κ3) is 1.28. The molecule has 2 saturated heterocycles. The van der Waals surface area contributed by atoms with Crippen LogP contribution in [-0.4, -0.2) is 25.4 Å². The zero-order valence-electron chi connectivity index (χ0n) is 13.6. The van der Waals surface area contributed by atoms with Gasteiger partial charge in [0.15, 0.2) is 0 Å². The number of fused-ring (bicyclic) bond motifs is 2. The van der Waals surface area contributed by atoms with E-state index in [0.29, 0.717) is 6.17 Å². The van der Waals surface area contributed by atoms with E-state index in [9.17, 15) is 0 Å². The van der Waals surface area contributed by atoms with Crippen LogP contribution in [0.2, 0.25) is 0 Å². The van der Waals surface area contributed by atoms with E-state index >= 15 is 0 Å². The number of rotatable bonds is 0. The lowest BCUT2D eigenvalue weighted by molar-refractivity contribution is 0.102. The lowest BCUT2D eigenvalue weighted by Gasteiger charge is -2.59. The van der Waals surface area contributed by atoms with E-state index in [2.05, 4.69) is 69.8 Å². The molecule has 6 rings (SSSR count). The minimum atomic E-state index is 0.0946. The summed E-state index contributed by atoms with van der Waals surface area (Å²) in [6.07, 6.45) is 2.93. The van der Waals surface area contributed by atoms with Crippen LogP contribution in [0.3, 0.4) is 0 Å². The molecule has 4 N–H and O–H groups in total. The first kappa shape index (κ1) is 13.3. The predicted octanol–water partition coefficient (Wildman–Crippen LogP) is 2.35. The average Bonchev–Trinajstić information content (AvgIpc) is 3.19. The summed E-state index contributed by atoms with van der Waals surface area (Å²) >= 11 is 0. The number of piperidine rings is 1. The van der Waals surface area contributed by atoms with Crippen molar-refractivity contribution in [2.24, 2.45) is 0 Å². The Kier molecular flexibility index (Phi) is 2.39. The molecule has 2 aromatic carbocycles. The van der Waals surface area contributed by atoms with E-state index in [1.54, 1.807) is 0 Å². The molecule has 122 valence electrons. The predicted molar refractivity (Wildman–Crippen MR) is 96.3 cm³/mol. The fourth-order valence-corrected chi connectivity index (χ4v) is 6.15. The highest BCUT2D eigenvalue weighted by Gasteiger charge is 2.68. The summed E-state index contributed by atoms with van der Waals surface area (Å²) in [5, 5.41) is 15.2. The standard InChI is InChI=1S/C20H22N4/c1-3-7-15-13(5-1)19-9-11-21-17(19)22-12-10-20(19)14-6-2-4-8-16(14)24-18(20)23-15/h1-8,17-18,21-24H,9-12H2/t17?,18-,19-,20+/m0/s1. The van der Waals surface area contributed by atoms with Crippen molar-refractivity contribution in [1.82, 2.24) is 10.6 Å². The van der Waals surface area contributed by atoms with Crippen LogP contribution in [0.4, 0.5) is 11.4 Å². The Bertz CT molecular complexity index is 834. The zero-order valence-corrected chi connectivity index (χ0v) is 13.6. The number of nitrogens with one attached hydrogen (secondary N) is 4. The zero-order chi connectivity index (χ0) is 15.8. The Labute approximate surface area is 142 Å². The third-order valence-corrected chi connectivity index (χ3v) is 6.93. The molecule has 4 nitrogen and oxygen atoms in total. The Morgan fingerprint density at radius 1 is 0.667 bits per heavy atom. The molecular weight excluding hydrogens is 296 g/mol. The van der Waals surface area contributed by atoms with Crippen LogP contribution in [0.5, 0.6) is 0 Å². The molecule has 1 unspecified atom stereocenters. The molecular formula is C20H22N4. The smallest absolute Gasteiger partial charge is 0.107 e. The summed E-state index contributed by atoms with van der Waals surface area (Å²) < 4.78 is 0. The molecule has 4 aliphatic heterocycles. The van der Waals surface area contributed by atoms with Crippen LogP contribution < -0.4 is 21.3 Å². The molecule has 0 radical (unpaired) electrons. The molecule has 2 spiro atoms. The minimum absolute atomic E-state index is 0.0946. The van der Waals surface area contributed by atoms with Crippen LogP contribution >= 0.6 is 0 Å². The first-order valence-electron chi connectivity index (χ1n) is 9.05. The molecule has 0 aliphatic carbocycles. The summed E-state index contributed by atoms with van der Waals surface area (Å²) in [5.74, 6) is 0. The van der Waals surface area contributed by atoms with Crippen molar-refractivity contribution in [1.29, 1.82) is 0 Å². The summed E-state index contributed by atoms with van der Waals surface area (Å²) in [4.78, 5) is 0. The maximum atomic E-state index is 3.84. The largest absolute Gasteiger partial charge is 0.364 e. The van der Waals surface area contributed by atoms with Gasteiger partial charge < -0.3 is 21.3 Å². The molecule has 0 aromatic heterocycles. The average molecular weight is 318 g/mol. The fraction of sp³-hybridized carbons (Fsp3) is 0.400. The fourth-order valence-electron chi connectivity index (χ4n) is 6.15. The second-order valence-electron chi connectivity index (χ2n) is 7.60. The summed E-state index contributed by atoms with van der Waals surface area (Å²) in [6, 6.07) is 17.8. The highest BCUT2D eigenvalue weighted by Crippen LogP contribution is 2.63. The van der Waals surface area contributed by atoms with Gasteiger partial charge in [-0.05, 0) is 49.2 Å². The summed E-state index contributed by atoms with van der Waals surface area (Å²) in [7, 11) is 0. The van der Waals surface area contributed by atoms with E-state index in [0.717, 1.165) is 19.5 Å². The quantitative estimate of drug-likeness (QED) is 0.602. The molecule has 4 heterocycles. The molecule has 2 fully saturated rings. The number of anilines is 2. The van der Waals surface area contributed by atoms with Crippen LogP contribution in [0, 0.1) is 0 Å². The van der Waals surface area contributed by atoms with Gasteiger partial charge in [-0.2, -0.15) is 0 Å². The van der Waals surface area contributed by atoms with E-state index in [4.69, 9.17) is 0 Å². The SMILES string of the molecule is c1ccc2c(c1)N[C@H]1Nc3ccccc3[C@]13CCNC1NCC[C@]213. The lowest BCUT2D eigenvalue weighted by Crippen LogP contribution is -2.71. The Hall–Kier alpha value is -2.04. The van der Waals surface area contributed by atoms with Crippen molar-refractivity contribution in [3.05, 3.63) is 59.7 Å². The van der Waals surface area contributed by atoms with Crippen LogP contribution in [-0.2, 0) is 10.8 Å². The van der Waals surface area contributed by atoms with Gasteiger partial charge in [0, 0.05) is 22.2 Å². The van der Waals surface area contributed by atoms with Gasteiger partial charge in [0.2, 0.25) is 0 Å². The van der Waals surface area contributed by atoms with E-state index in [1.165, 1.54) is 28.9 Å². The third-order valence-electron chi connectivity index (χ3n) is 6.93. The Balaban J connectivity index is 1.71. The molecule has 0 bridgehead atoms. The summed E-state index contributed by atoms with van der Waals surface area (Å²) in [5.41, 5.74) is 5.74. The summed E-state index contributed by atoms with van der Waals surface area (Å²) in [6.45, 7) is 2.12. The van der Waals surface area contributed by atoms with Gasteiger partial charge in [-0.1, -0.05) is 36.4 Å². The molecule has 0 saturated carbocycles. The number of hydrogen-bond donors (Lipinski definition) is 4. The van der Waals surface area contributed by atoms with Gasteiger partial charge in [-0.3, -0.25) is 0 Å². The first-order valence-corrected chi connectivity index (χ1v) is 9.05. The highest BCUT2D eigenvalue weighted by molar-refractivity contribution is 5.73. The van der Waals surface area contributed by atoms with Crippen molar-refractivity contribution in [2.75, 3.05) is 23.7 Å². The van der Waals surface area contributed by atoms with Crippen LogP contribution in [0.25, 0.3) is 0 Å². The molecule has 24 heavy (non-hydrogen) atoms. The van der Waals surface area contributed by atoms with Crippen molar-refractivity contribution in [2.45, 2.75) is 36.0 Å². The maximum absolute atomic E-state index is 3.84. The van der Waals surface area contributed by atoms with Crippen molar-refractivity contribution in [3.8, 4) is 0 Å². The van der Waals surface area contributed by atoms with Crippen molar-refractivity contribution >= 4 is 11.4 Å². The molecule has 4 heteroatoms. The lowest BCUT2D eigenvalue weighted by atomic mass is 9.50. The highest BCUT2D eigenvalue weighted by atomic mass is 15.3. The Morgan fingerprint density at radius 2 is 1.17 bits per heavy atom. The van der Waals surface area contributed by atoms with E-state index in [-0.39, 0.29) is 17.0 Å². The van der Waals surface area contributed by atoms with E-state index < -0.39 is 0 Å². The van der Waals surface area contributed by atoms with Crippen LogP contribution in [0.1, 0.15) is 24.0 Å². The molecule has 2 aromatic rings. The van der Waals surface area contributed by atoms with Gasteiger partial charge in [-0.15, -0.1) is 0 Å². The molecule has 4 atom stereocenters. The second kappa shape index (κ2) is 4.32. The van der Waals surface area contributed by atoms with E-state index in [1.807, 2.05) is 0 Å². The normalized spacial score (nSPS) is 38.0. The minimum Gasteiger partial charge on any atom is -0.364 e. The molecule has 0 amide bonds. The van der Waals surface area contributed by atoms with Gasteiger partial charge >= 0.3 is 0 Å². The second-order valence-corrected chi connectivity index (χ2v) is 7.60. The van der Waals surface area contributed by atoms with Gasteiger partial charge in [0.05, 0.1) is 6.17 Å². The Morgan fingerprint density at radius 3 is 1.75 bits per heavy atom. The number of hydrogen-bond acceptors (Lipinski definition) is 4. The van der Waals surface area contributed by atoms with Crippen molar-refractivity contribution < 1.29 is 0 Å². The number of benzene rings is 2.